The standard InChI is InChI=1S/C20H13FN6O2/c21-14-10-22-9-13(14)19-26-18(29-27-19)8-17-24-16-5-4-11(7-12(16)20(28)25-17)15-3-1-2-6-23-15/h1-7,10H,8-9H2,(H,24,25,28). The minimum atomic E-state index is -0.474. The number of hydrogen-bond donors (Lipinski definition) is 1. The minimum Gasteiger partial charge on any atom is -0.343 e. The van der Waals surface area contributed by atoms with Crippen molar-refractivity contribution in [3.05, 3.63) is 76.3 Å². The van der Waals surface area contributed by atoms with Gasteiger partial charge in [0.15, 0.2) is 0 Å². The molecule has 4 heterocycles. The smallest absolute Gasteiger partial charge is 0.280 e. The van der Waals surface area contributed by atoms with E-state index >= 15 is 0 Å². The van der Waals surface area contributed by atoms with Crippen LogP contribution < -0.4 is 5.56 Å². The molecule has 1 N–H and O–H groups in total. The van der Waals surface area contributed by atoms with Crippen LogP contribution in [-0.4, -0.2) is 37.9 Å². The van der Waals surface area contributed by atoms with Crippen LogP contribution in [0, 0.1) is 0 Å². The molecule has 1 aromatic carbocycles. The first-order chi connectivity index (χ1) is 14.2. The zero-order valence-corrected chi connectivity index (χ0v) is 15.0. The zero-order chi connectivity index (χ0) is 19.8. The lowest BCUT2D eigenvalue weighted by Gasteiger charge is -2.04. The normalized spacial score (nSPS) is 13.6. The van der Waals surface area contributed by atoms with Crippen molar-refractivity contribution in [2.45, 2.75) is 6.42 Å². The van der Waals surface area contributed by atoms with Crippen LogP contribution in [-0.2, 0) is 6.42 Å². The number of nitrogens with one attached hydrogen (secondary N) is 1. The third kappa shape index (κ3) is 3.22. The second kappa shape index (κ2) is 6.86. The zero-order valence-electron chi connectivity index (χ0n) is 15.0. The Kier molecular flexibility index (Phi) is 4.05. The monoisotopic (exact) mass is 388 g/mol. The summed E-state index contributed by atoms with van der Waals surface area (Å²) < 4.78 is 18.8. The molecular formula is C20H13FN6O2. The van der Waals surface area contributed by atoms with E-state index in [9.17, 15) is 9.18 Å². The molecule has 0 atom stereocenters. The van der Waals surface area contributed by atoms with Gasteiger partial charge in [-0.3, -0.25) is 14.8 Å². The molecule has 0 radical (unpaired) electrons. The number of hydrogen-bond acceptors (Lipinski definition) is 7. The van der Waals surface area contributed by atoms with E-state index in [1.54, 1.807) is 18.3 Å². The number of allylic oxidation sites excluding steroid dienone is 1. The molecule has 0 saturated heterocycles. The minimum absolute atomic E-state index is 0.121. The van der Waals surface area contributed by atoms with Crippen LogP contribution in [0.25, 0.3) is 27.7 Å². The van der Waals surface area contributed by atoms with Crippen molar-refractivity contribution < 1.29 is 8.91 Å². The molecule has 9 heteroatoms. The summed E-state index contributed by atoms with van der Waals surface area (Å²) in [4.78, 5) is 32.0. The fraction of sp³-hybridized carbons (Fsp3) is 0.100. The van der Waals surface area contributed by atoms with Gasteiger partial charge in [0.05, 0.1) is 41.4 Å². The number of aliphatic imine (C=N–C) groups is 1. The van der Waals surface area contributed by atoms with E-state index in [4.69, 9.17) is 4.52 Å². The van der Waals surface area contributed by atoms with Gasteiger partial charge in [-0.2, -0.15) is 9.97 Å². The van der Waals surface area contributed by atoms with E-state index in [0.717, 1.165) is 17.5 Å². The highest BCUT2D eigenvalue weighted by molar-refractivity contribution is 5.92. The summed E-state index contributed by atoms with van der Waals surface area (Å²) in [6.07, 6.45) is 2.95. The van der Waals surface area contributed by atoms with Crippen molar-refractivity contribution in [2.75, 3.05) is 6.54 Å². The van der Waals surface area contributed by atoms with E-state index in [-0.39, 0.29) is 35.8 Å². The summed E-state index contributed by atoms with van der Waals surface area (Å²) in [5, 5.41) is 4.24. The van der Waals surface area contributed by atoms with Crippen molar-refractivity contribution in [3.63, 3.8) is 0 Å². The average molecular weight is 388 g/mol. The first-order valence-corrected chi connectivity index (χ1v) is 8.83. The predicted octanol–water partition coefficient (Wildman–Crippen LogP) is 2.72. The van der Waals surface area contributed by atoms with E-state index in [1.807, 2.05) is 24.3 Å². The number of aromatic nitrogens is 5. The summed E-state index contributed by atoms with van der Waals surface area (Å²) >= 11 is 0. The van der Waals surface area contributed by atoms with Gasteiger partial charge >= 0.3 is 0 Å². The number of rotatable bonds is 4. The summed E-state index contributed by atoms with van der Waals surface area (Å²) in [6, 6.07) is 11.0. The van der Waals surface area contributed by atoms with E-state index < -0.39 is 5.83 Å². The molecule has 0 spiro atoms. The molecule has 3 aromatic heterocycles. The molecule has 0 unspecified atom stereocenters. The van der Waals surface area contributed by atoms with E-state index in [1.165, 1.54) is 0 Å². The maximum atomic E-state index is 13.6. The maximum absolute atomic E-state index is 13.6. The lowest BCUT2D eigenvalue weighted by Crippen LogP contribution is -2.12. The first kappa shape index (κ1) is 17.1. The molecule has 5 rings (SSSR count). The highest BCUT2D eigenvalue weighted by Crippen LogP contribution is 2.22. The van der Waals surface area contributed by atoms with E-state index in [2.05, 4.69) is 30.1 Å². The predicted molar refractivity (Wildman–Crippen MR) is 104 cm³/mol. The Hall–Kier alpha value is -4.01. The van der Waals surface area contributed by atoms with Crippen LogP contribution in [0.5, 0.6) is 0 Å². The summed E-state index contributed by atoms with van der Waals surface area (Å²) in [7, 11) is 0. The molecule has 0 aliphatic carbocycles. The van der Waals surface area contributed by atoms with Gasteiger partial charge in [0.2, 0.25) is 11.7 Å². The number of aromatic amines is 1. The largest absolute Gasteiger partial charge is 0.343 e. The van der Waals surface area contributed by atoms with Crippen LogP contribution >= 0.6 is 0 Å². The number of benzene rings is 1. The van der Waals surface area contributed by atoms with Gasteiger partial charge in [-0.25, -0.2) is 4.39 Å². The van der Waals surface area contributed by atoms with Gasteiger partial charge in [0.1, 0.15) is 11.7 Å². The fourth-order valence-corrected chi connectivity index (χ4v) is 3.11. The second-order valence-electron chi connectivity index (χ2n) is 6.45. The maximum Gasteiger partial charge on any atom is 0.280 e. The molecule has 0 amide bonds. The molecule has 0 fully saturated rings. The number of nitrogens with zero attached hydrogens (tertiary/aromatic N) is 5. The van der Waals surface area contributed by atoms with Gasteiger partial charge in [0, 0.05) is 11.8 Å². The SMILES string of the molecule is O=c1nc(Cc2nc(C3=C(F)C=NC3)no2)[nH]c2ccc(-c3ccccn3)cc12. The van der Waals surface area contributed by atoms with Crippen molar-refractivity contribution in [2.24, 2.45) is 4.99 Å². The average Bonchev–Trinajstić information content (AvgIpc) is 3.37. The van der Waals surface area contributed by atoms with Crippen LogP contribution in [0.2, 0.25) is 0 Å². The molecule has 4 aromatic rings. The van der Waals surface area contributed by atoms with E-state index in [0.29, 0.717) is 16.7 Å². The summed E-state index contributed by atoms with van der Waals surface area (Å²) in [5.74, 6) is 0.275. The Labute approximate surface area is 162 Å². The molecule has 29 heavy (non-hydrogen) atoms. The molecule has 0 bridgehead atoms. The number of fused-ring (bicyclic) bond motifs is 1. The van der Waals surface area contributed by atoms with Crippen LogP contribution in [0.3, 0.4) is 0 Å². The fourth-order valence-electron chi connectivity index (χ4n) is 3.11. The third-order valence-corrected chi connectivity index (χ3v) is 4.53. The first-order valence-electron chi connectivity index (χ1n) is 8.83. The van der Waals surface area contributed by atoms with Gasteiger partial charge in [-0.15, -0.1) is 0 Å². The van der Waals surface area contributed by atoms with Crippen LogP contribution in [0.1, 0.15) is 17.5 Å². The highest BCUT2D eigenvalue weighted by Gasteiger charge is 2.19. The Bertz CT molecular complexity index is 1340. The molecule has 0 saturated carbocycles. The molecule has 8 nitrogen and oxygen atoms in total. The lowest BCUT2D eigenvalue weighted by atomic mass is 10.1. The molecule has 1 aliphatic heterocycles. The Morgan fingerprint density at radius 2 is 2.10 bits per heavy atom. The Balaban J connectivity index is 1.45. The topological polar surface area (TPSA) is 110 Å². The quantitative estimate of drug-likeness (QED) is 0.576. The van der Waals surface area contributed by atoms with Gasteiger partial charge in [0.25, 0.3) is 5.56 Å². The molecule has 142 valence electrons. The second-order valence-corrected chi connectivity index (χ2v) is 6.45. The van der Waals surface area contributed by atoms with Crippen molar-refractivity contribution in [1.29, 1.82) is 0 Å². The van der Waals surface area contributed by atoms with Crippen molar-refractivity contribution >= 4 is 22.7 Å². The number of pyridine rings is 1. The van der Waals surface area contributed by atoms with Gasteiger partial charge in [-0.1, -0.05) is 17.3 Å². The lowest BCUT2D eigenvalue weighted by molar-refractivity contribution is 0.381. The van der Waals surface area contributed by atoms with Gasteiger partial charge < -0.3 is 9.51 Å². The molecule has 1 aliphatic rings. The van der Waals surface area contributed by atoms with Crippen LogP contribution in [0.15, 0.2) is 62.7 Å². The summed E-state index contributed by atoms with van der Waals surface area (Å²) in [5.41, 5.74) is 2.14. The van der Waals surface area contributed by atoms with Crippen molar-refractivity contribution in [3.8, 4) is 11.3 Å². The Morgan fingerprint density at radius 3 is 2.90 bits per heavy atom. The highest BCUT2D eigenvalue weighted by atomic mass is 19.1. The number of halogens is 1. The Morgan fingerprint density at radius 1 is 1.17 bits per heavy atom. The molecular weight excluding hydrogens is 375 g/mol. The van der Waals surface area contributed by atoms with Crippen LogP contribution in [0.4, 0.5) is 4.39 Å². The van der Waals surface area contributed by atoms with Gasteiger partial charge in [-0.05, 0) is 24.3 Å². The number of H-pyrrole nitrogens is 1. The summed E-state index contributed by atoms with van der Waals surface area (Å²) in [6.45, 7) is 0.175. The van der Waals surface area contributed by atoms with Crippen molar-refractivity contribution in [1.82, 2.24) is 25.1 Å². The third-order valence-electron chi connectivity index (χ3n) is 4.53.